The molecule has 12 aromatic rings. The number of hydrogen-bond acceptors (Lipinski definition) is 12. The molecule has 0 saturated heterocycles. The molecule has 0 spiro atoms. The maximum Gasteiger partial charge on any atom is 0.409 e. The maximum atomic E-state index is 10.2. The van der Waals surface area contributed by atoms with E-state index >= 15 is 0 Å². The first-order chi connectivity index (χ1) is 50.6. The van der Waals surface area contributed by atoms with Crippen LogP contribution in [0.15, 0.2) is 146 Å². The van der Waals surface area contributed by atoms with Crippen LogP contribution >= 0.6 is 0 Å². The van der Waals surface area contributed by atoms with Crippen molar-refractivity contribution in [3.05, 3.63) is 180 Å². The van der Waals surface area contributed by atoms with Crippen LogP contribution in [-0.2, 0) is 0 Å². The number of aromatic nitrogens is 6. The summed E-state index contributed by atoms with van der Waals surface area (Å²) in [6.45, 7) is 49.9. The van der Waals surface area contributed by atoms with Gasteiger partial charge in [0.15, 0.2) is 118 Å². The molecule has 108 heavy (non-hydrogen) atoms. The van der Waals surface area contributed by atoms with Gasteiger partial charge in [0, 0.05) is 76.2 Å². The Morgan fingerprint density at radius 3 is 1.24 bits per heavy atom. The minimum Gasteiger partial charge on any atom is -0.504 e. The molecule has 0 radical (unpaired) electrons. The topological polar surface area (TPSA) is 266 Å². The van der Waals surface area contributed by atoms with E-state index in [0.29, 0.717) is 74.8 Å². The largest absolute Gasteiger partial charge is 0.504 e. The Morgan fingerprint density at radius 2 is 0.722 bits per heavy atom. The fraction of sp³-hybridized carbons (Fsp3) is 0.400. The molecule has 18 heteroatoms. The van der Waals surface area contributed by atoms with Crippen LogP contribution < -0.4 is 27.4 Å². The number of rotatable bonds is 12. The molecule has 0 atom stereocenters. The quantitative estimate of drug-likeness (QED) is 0.0402. The molecule has 576 valence electrons. The van der Waals surface area contributed by atoms with Crippen LogP contribution in [0.4, 0.5) is 0 Å². The minimum atomic E-state index is -0.0740. The van der Waals surface area contributed by atoms with E-state index in [4.69, 9.17) is 0 Å². The van der Waals surface area contributed by atoms with Crippen molar-refractivity contribution in [1.82, 2.24) is 0 Å². The molecule has 18 nitrogen and oxygen atoms in total. The molecule has 0 bridgehead atoms. The number of fused-ring (bicyclic) bond motifs is 6. The SMILES string of the molecule is CC(C)c1c2ccccc2c(O)c(O)[n+]1C(C)C.CC(C)c1cc2c(O)c(O)ccc2[n+](C(C)C)c1.CC(C)c1cc2c(ccc[n+]2C(C)C)c(O)c1O.CC(C)c1cc[n+](C(C)C)c2ccc(O)c(O)c12.CC(C)c1ccc2c(O)c(O)ccc2[n+]1C(C)C.CC(C)c1cccc2c(O)c(O)[n+](C(C)C)cc12. The van der Waals surface area contributed by atoms with Gasteiger partial charge in [-0.2, -0.15) is 27.4 Å². The molecule has 0 aliphatic carbocycles. The highest BCUT2D eigenvalue weighted by Crippen LogP contribution is 2.42. The van der Waals surface area contributed by atoms with Gasteiger partial charge in [-0.3, -0.25) is 0 Å². The fourth-order valence-electron chi connectivity index (χ4n) is 13.9. The van der Waals surface area contributed by atoms with E-state index in [2.05, 4.69) is 155 Å². The predicted molar refractivity (Wildman–Crippen MR) is 432 cm³/mol. The van der Waals surface area contributed by atoms with E-state index in [1.807, 2.05) is 162 Å². The summed E-state index contributed by atoms with van der Waals surface area (Å²) in [7, 11) is 0. The van der Waals surface area contributed by atoms with E-state index in [9.17, 15) is 61.3 Å². The Hall–Kier alpha value is -10.6. The van der Waals surface area contributed by atoms with Crippen LogP contribution in [0.5, 0.6) is 69.3 Å². The first kappa shape index (κ1) is 84.6. The average Bonchev–Trinajstić information content (AvgIpc) is 0.792. The van der Waals surface area contributed by atoms with Gasteiger partial charge in [-0.05, 0) is 160 Å². The molecule has 6 aromatic carbocycles. The van der Waals surface area contributed by atoms with Crippen molar-refractivity contribution >= 4 is 65.2 Å². The fourth-order valence-corrected chi connectivity index (χ4v) is 13.9. The third-order valence-corrected chi connectivity index (χ3v) is 19.6. The lowest BCUT2D eigenvalue weighted by molar-refractivity contribution is -0.727. The highest BCUT2D eigenvalue weighted by atomic mass is 16.3. The van der Waals surface area contributed by atoms with Gasteiger partial charge in [0.05, 0.1) is 32.3 Å². The number of phenolic OH excluding ortho intramolecular Hbond substituents is 8. The van der Waals surface area contributed by atoms with E-state index in [0.717, 1.165) is 60.6 Å². The molecular weight excluding hydrogens is 1360 g/mol. The Balaban J connectivity index is 0.000000180. The van der Waals surface area contributed by atoms with E-state index in [1.54, 1.807) is 16.7 Å². The van der Waals surface area contributed by atoms with Crippen molar-refractivity contribution < 1.29 is 88.7 Å². The van der Waals surface area contributed by atoms with Crippen molar-refractivity contribution in [2.24, 2.45) is 0 Å². The summed E-state index contributed by atoms with van der Waals surface area (Å²) in [5.74, 6) is 1.36. The molecule has 0 aliphatic heterocycles. The second-order valence-electron chi connectivity index (χ2n) is 31.5. The van der Waals surface area contributed by atoms with Crippen LogP contribution in [0.1, 0.15) is 272 Å². The molecule has 6 heterocycles. The van der Waals surface area contributed by atoms with Gasteiger partial charge in [0.1, 0.15) is 0 Å². The summed E-state index contributed by atoms with van der Waals surface area (Å²) < 4.78 is 12.0. The highest BCUT2D eigenvalue weighted by Gasteiger charge is 2.32. The zero-order valence-corrected chi connectivity index (χ0v) is 67.8. The number of hydrogen-bond donors (Lipinski definition) is 12. The third-order valence-electron chi connectivity index (χ3n) is 19.6. The standard InChI is InChI=1S/6C15H19NO2/c1-9(2)11-7-12-13(16(8-11)10(3)4)5-6-14(17)15(12)18;1-9(2)11-7-8-16(10(3)4)12-5-6-13(17)15(18)14(11)12;1-9(2)12-6-5-11-13(16(12)10(3)4)7-8-14(17)15(11)18;1-9(2)12-8-13-11(14(17)15(12)18)6-5-7-16(13)10(3)4;1-9(2)11-6-5-7-12-13(11)8-16(10(3)4)15(18)14(12)17;1-9(2)13-11-7-5-6-8-12(11)14(17)15(18)16(13)10(3)4/h3*5-10,17H,1-4H3;5-10,18H,1-4H3;2*5-10,17H,1-4H3/p+6. The number of pyridine rings is 6. The molecule has 0 aliphatic rings. The summed E-state index contributed by atoms with van der Waals surface area (Å²) in [6.07, 6.45) is 8.07. The van der Waals surface area contributed by atoms with Crippen LogP contribution in [-0.4, -0.2) is 61.3 Å². The summed E-state index contributed by atoms with van der Waals surface area (Å²) in [5, 5.41) is 126. The van der Waals surface area contributed by atoms with Gasteiger partial charge in [-0.1, -0.05) is 119 Å². The lowest BCUT2D eigenvalue weighted by Crippen LogP contribution is -2.41. The van der Waals surface area contributed by atoms with Crippen LogP contribution in [0.2, 0.25) is 0 Å². The maximum absolute atomic E-state index is 10.2. The smallest absolute Gasteiger partial charge is 0.409 e. The first-order valence-electron chi connectivity index (χ1n) is 37.9. The summed E-state index contributed by atoms with van der Waals surface area (Å²) >= 11 is 0. The predicted octanol–water partition coefficient (Wildman–Crippen LogP) is 19.5. The highest BCUT2D eigenvalue weighted by molar-refractivity contribution is 5.93. The van der Waals surface area contributed by atoms with Crippen molar-refractivity contribution in [2.45, 2.75) is 238 Å². The Morgan fingerprint density at radius 1 is 0.250 bits per heavy atom. The van der Waals surface area contributed by atoms with Gasteiger partial charge >= 0.3 is 11.8 Å². The van der Waals surface area contributed by atoms with Crippen molar-refractivity contribution in [1.29, 1.82) is 0 Å². The molecule has 0 amide bonds. The monoisotopic (exact) mass is 1480 g/mol. The van der Waals surface area contributed by atoms with E-state index < -0.39 is 0 Å². The van der Waals surface area contributed by atoms with E-state index in [-0.39, 0.29) is 93.2 Å². The van der Waals surface area contributed by atoms with E-state index in [1.165, 1.54) is 17.3 Å². The molecular formula is C90H120N6O12+6. The average molecular weight is 1480 g/mol. The molecule has 0 fully saturated rings. The first-order valence-corrected chi connectivity index (χ1v) is 37.9. The summed E-state index contributed by atoms with van der Waals surface area (Å²) in [6, 6.07) is 38.6. The number of phenols is 8. The molecule has 6 aromatic heterocycles. The van der Waals surface area contributed by atoms with Crippen LogP contribution in [0.3, 0.4) is 0 Å². The molecule has 0 saturated carbocycles. The minimum absolute atomic E-state index is 0.000920. The Labute approximate surface area is 637 Å². The van der Waals surface area contributed by atoms with Gasteiger partial charge in [-0.15, -0.1) is 0 Å². The third kappa shape index (κ3) is 18.0. The Kier molecular flexibility index (Phi) is 27.7. The summed E-state index contributed by atoms with van der Waals surface area (Å²) in [5.41, 5.74) is 10.2. The van der Waals surface area contributed by atoms with Crippen molar-refractivity contribution in [3.8, 4) is 69.3 Å². The number of aromatic hydroxyl groups is 12. The lowest BCUT2D eigenvalue weighted by Gasteiger charge is -2.15. The molecule has 12 N–H and O–H groups in total. The molecule has 0 unspecified atom stereocenters. The zero-order valence-electron chi connectivity index (χ0n) is 67.8. The lowest BCUT2D eigenvalue weighted by atomic mass is 9.97. The van der Waals surface area contributed by atoms with Gasteiger partial charge < -0.3 is 61.3 Å². The zero-order chi connectivity index (χ0) is 80.7. The van der Waals surface area contributed by atoms with Crippen LogP contribution in [0.25, 0.3) is 65.2 Å². The Bertz CT molecular complexity index is 5040. The van der Waals surface area contributed by atoms with Gasteiger partial charge in [-0.25, -0.2) is 0 Å². The van der Waals surface area contributed by atoms with Gasteiger partial charge in [0.25, 0.3) is 0 Å². The van der Waals surface area contributed by atoms with Crippen molar-refractivity contribution in [2.75, 3.05) is 0 Å². The number of benzene rings is 6. The second-order valence-corrected chi connectivity index (χ2v) is 31.5. The normalized spacial score (nSPS) is 11.7. The molecule has 12 rings (SSSR count). The number of nitrogens with zero attached hydrogens (tertiary/aromatic N) is 6. The second kappa shape index (κ2) is 35.4. The summed E-state index contributed by atoms with van der Waals surface area (Å²) in [4.78, 5) is 0. The van der Waals surface area contributed by atoms with Crippen LogP contribution in [0, 0.1) is 0 Å². The van der Waals surface area contributed by atoms with Gasteiger partial charge in [0.2, 0.25) is 33.6 Å². The van der Waals surface area contributed by atoms with Crippen molar-refractivity contribution in [3.63, 3.8) is 0 Å².